The predicted octanol–water partition coefficient (Wildman–Crippen LogP) is 13.5. The van der Waals surface area contributed by atoms with Crippen molar-refractivity contribution in [3.63, 3.8) is 0 Å². The molecule has 0 bridgehead atoms. The SMILES string of the molecule is C.C.C.C.C.COC(=O)c1cc(N)c(Sc2ccccc2)c(NS(=O)[O-])c1.COC(=O)c1cc(NS(=O)[O-])c(Sc2ccccc2)c(N2C(=O)CCC2=O)c1.COC(=O)c1cc(NS(=O)[O-])c(Sc2ccccc2)c(N2CCCC2)c1.N.N.N.N.N.O=C(O)c1cc(NS(=O)[O-])c(Cl)c([N+](=O)[O-])c1.O=C(O)c1cc(NS(=O)[O-])c(Sc2ccccc2)c([N+](=O)[O-])c1.O=CO[O-].Sc1ccccc1.[Na+]. The van der Waals surface area contributed by atoms with Crippen molar-refractivity contribution in [3.8, 4) is 0 Å². The molecule has 2 saturated heterocycles. The second kappa shape index (κ2) is 70.5. The molecule has 56 heteroatoms. The summed E-state index contributed by atoms with van der Waals surface area (Å²) in [6.45, 7) is 1.56. The number of nitro groups is 2. The molecule has 138 heavy (non-hydrogen) atoms. The van der Waals surface area contributed by atoms with Crippen molar-refractivity contribution in [1.29, 1.82) is 0 Å². The average molecular weight is 2140 g/mol. The first-order chi connectivity index (χ1) is 60.5. The molecule has 10 aromatic carbocycles. The summed E-state index contributed by atoms with van der Waals surface area (Å²) in [6.07, 6.45) is 2.22. The minimum Gasteiger partial charge on any atom is -0.755 e. The van der Waals surface area contributed by atoms with Crippen molar-refractivity contribution in [2.45, 2.75) is 107 Å². The first-order valence-corrected chi connectivity index (χ1v) is 44.6. The fraction of sp³-hybridized carbons (Fsp3) is 0.171. The van der Waals surface area contributed by atoms with E-state index >= 15 is 0 Å². The minimum atomic E-state index is -2.77. The van der Waals surface area contributed by atoms with Crippen molar-refractivity contribution in [2.75, 3.05) is 73.6 Å². The van der Waals surface area contributed by atoms with Gasteiger partial charge in [0.1, 0.15) is 9.92 Å². The number of rotatable bonds is 28. The number of amides is 2. The van der Waals surface area contributed by atoms with Crippen molar-refractivity contribution in [2.24, 2.45) is 0 Å². The van der Waals surface area contributed by atoms with Gasteiger partial charge in [0.2, 0.25) is 11.8 Å². The molecule has 2 aliphatic heterocycles. The van der Waals surface area contributed by atoms with Crippen LogP contribution in [0.25, 0.3) is 0 Å². The maximum absolute atomic E-state index is 12.3. The summed E-state index contributed by atoms with van der Waals surface area (Å²) in [5, 5.41) is 47.5. The topological polar surface area (TPSA) is 792 Å². The number of carboxylic acids is 2. The fourth-order valence-electron chi connectivity index (χ4n) is 10.6. The first-order valence-electron chi connectivity index (χ1n) is 35.1. The molecule has 12 rings (SSSR count). The van der Waals surface area contributed by atoms with E-state index in [4.69, 9.17) is 47.1 Å². The number of carbonyl (C=O) groups is 8. The Morgan fingerprint density at radius 1 is 0.442 bits per heavy atom. The van der Waals surface area contributed by atoms with E-state index in [-0.39, 0.29) is 172 Å². The number of imide groups is 1. The first kappa shape index (κ1) is 138. The van der Waals surface area contributed by atoms with E-state index in [1.165, 1.54) is 86.9 Å². The number of anilines is 8. The summed E-state index contributed by atoms with van der Waals surface area (Å²) < 4.78 is 135. The van der Waals surface area contributed by atoms with Gasteiger partial charge in [0.25, 0.3) is 17.8 Å². The van der Waals surface area contributed by atoms with E-state index in [1.807, 2.05) is 102 Å². The van der Waals surface area contributed by atoms with Crippen LogP contribution in [0.2, 0.25) is 5.02 Å². The van der Waals surface area contributed by atoms with E-state index in [0.29, 0.717) is 25.9 Å². The normalized spacial score (nSPS) is 11.7. The molecule has 44 nitrogen and oxygen atoms in total. The number of esters is 3. The summed E-state index contributed by atoms with van der Waals surface area (Å²) >= 11 is 1.28. The second-order valence-electron chi connectivity index (χ2n) is 24.2. The van der Waals surface area contributed by atoms with Gasteiger partial charge in [-0.15, -0.1) is 12.6 Å². The van der Waals surface area contributed by atoms with Gasteiger partial charge in [0.15, 0.2) is 0 Å². The number of nitrogens with two attached hydrogens (primary N) is 1. The van der Waals surface area contributed by atoms with Crippen LogP contribution in [0, 0.1) is 20.2 Å². The summed E-state index contributed by atoms with van der Waals surface area (Å²) in [5.41, 5.74) is 5.82. The van der Waals surface area contributed by atoms with Crippen LogP contribution in [0.3, 0.4) is 0 Å². The largest absolute Gasteiger partial charge is 1.00 e. The Labute approximate surface area is 858 Å². The zero-order valence-corrected chi connectivity index (χ0v) is 80.8. The van der Waals surface area contributed by atoms with E-state index < -0.39 is 130 Å². The van der Waals surface area contributed by atoms with Gasteiger partial charge < -0.3 is 122 Å². The molecule has 5 atom stereocenters. The maximum atomic E-state index is 12.3. The van der Waals surface area contributed by atoms with E-state index in [2.05, 4.69) is 41.3 Å². The molecular weight excluding hydrogens is 2040 g/mol. The minimum absolute atomic E-state index is 0. The number of nitrogen functional groups attached to an aromatic ring is 1. The van der Waals surface area contributed by atoms with Gasteiger partial charge in [-0.2, -0.15) is 0 Å². The third kappa shape index (κ3) is 44.4. The second-order valence-corrected chi connectivity index (χ2v) is 32.8. The molecule has 0 spiro atoms. The number of methoxy groups -OCH3 is 3. The number of hydrogen-bond donors (Lipinski definition) is 14. The molecule has 2 heterocycles. The quantitative estimate of drug-likeness (QED) is 0.00185. The van der Waals surface area contributed by atoms with Crippen molar-refractivity contribution in [3.05, 3.63) is 265 Å². The zero-order valence-electron chi connectivity index (χ0n) is 69.8. The third-order valence-electron chi connectivity index (χ3n) is 15.9. The van der Waals surface area contributed by atoms with Crippen molar-refractivity contribution in [1.82, 2.24) is 30.8 Å². The average Bonchev–Trinajstić information content (AvgIpc) is 1.53. The molecule has 24 N–H and O–H groups in total. The van der Waals surface area contributed by atoms with Crippen LogP contribution in [0.5, 0.6) is 0 Å². The Hall–Kier alpha value is -11.1. The molecule has 0 aliphatic carbocycles. The Balaban J connectivity index is -0.000000378. The maximum Gasteiger partial charge on any atom is 1.00 e. The van der Waals surface area contributed by atoms with Crippen molar-refractivity contribution < 1.29 is 156 Å². The van der Waals surface area contributed by atoms with E-state index in [9.17, 15) is 97.6 Å². The van der Waals surface area contributed by atoms with Crippen LogP contribution in [0.15, 0.2) is 256 Å². The number of thiol groups is 1. The summed E-state index contributed by atoms with van der Waals surface area (Å²) in [4.78, 5) is 123. The molecule has 2 amide bonds. The number of halogens is 1. The van der Waals surface area contributed by atoms with Crippen LogP contribution in [0.1, 0.15) is 115 Å². The Morgan fingerprint density at radius 2 is 0.710 bits per heavy atom. The van der Waals surface area contributed by atoms with Gasteiger partial charge in [-0.1, -0.05) is 187 Å². The molecule has 2 aliphatic rings. The molecular formula is C82H102ClN15NaO29S10-5. The zero-order chi connectivity index (χ0) is 93.6. The molecule has 752 valence electrons. The van der Waals surface area contributed by atoms with Crippen LogP contribution < -0.4 is 105 Å². The van der Waals surface area contributed by atoms with Gasteiger partial charge >= 0.3 is 59.4 Å². The van der Waals surface area contributed by atoms with Crippen molar-refractivity contribution >= 4 is 233 Å². The summed E-state index contributed by atoms with van der Waals surface area (Å²) in [7, 11) is 3.73. The Morgan fingerprint density at radius 3 is 1.01 bits per heavy atom. The smallest absolute Gasteiger partial charge is 0.755 e. The third-order valence-corrected chi connectivity index (χ3v) is 23.1. The monoisotopic (exact) mass is 2140 g/mol. The number of carbonyl (C=O) groups excluding carboxylic acids is 6. The Bertz CT molecular complexity index is 5710. The number of carboxylic acid groups (broad SMARTS) is 2. The van der Waals surface area contributed by atoms with Crippen LogP contribution >= 0.6 is 71.3 Å². The molecule has 0 aromatic heterocycles. The molecule has 5 unspecified atom stereocenters. The molecule has 2 fully saturated rings. The van der Waals surface area contributed by atoms with E-state index in [0.717, 1.165) is 97.0 Å². The Kier molecular flexibility index (Phi) is 70.3. The molecule has 0 radical (unpaired) electrons. The molecule has 0 saturated carbocycles. The van der Waals surface area contributed by atoms with Gasteiger partial charge in [0, 0.05) is 125 Å². The van der Waals surface area contributed by atoms with Gasteiger partial charge in [-0.25, -0.2) is 28.9 Å². The number of benzene rings is 10. The predicted molar refractivity (Wildman–Crippen MR) is 531 cm³/mol. The number of aromatic carboxylic acids is 2. The number of hydrogen-bond acceptors (Lipinski definition) is 39. The number of nitro benzene ring substituents is 2. The number of ether oxygens (including phenoxy) is 3. The van der Waals surface area contributed by atoms with Gasteiger partial charge in [0.05, 0.1) is 113 Å². The molecule has 10 aromatic rings. The van der Waals surface area contributed by atoms with Crippen LogP contribution in [0.4, 0.5) is 56.9 Å². The van der Waals surface area contributed by atoms with Crippen LogP contribution in [-0.2, 0) is 89.8 Å². The summed E-state index contributed by atoms with van der Waals surface area (Å²) in [5.74, 6) is -5.50. The van der Waals surface area contributed by atoms with Gasteiger partial charge in [-0.3, -0.25) is 55.7 Å². The summed E-state index contributed by atoms with van der Waals surface area (Å²) in [6, 6.07) is 58.8. The number of nitrogens with one attached hydrogen (secondary N) is 5. The van der Waals surface area contributed by atoms with Gasteiger partial charge in [-0.05, 0) is 122 Å². The standard InChI is InChI=1S/C18H16N2O6S2.C18H20N2O4S2.C14H14N2O4S2.C13H10N2O6S2.C7H5ClN2O6S.C6H6S.CH2O3.5CH4.5H3N.Na/c1-26-18(23)11-9-13(19-28(24)25)17(27-12-5-3-2-4-6-12)14(10-11)20-15(21)7-8-16(20)22;1-24-18(21)13-11-15(19-26(22)23)17(25-14-7-3-2-4-8-14)16(12-13)20-9-5-6-10-20;1-20-14(17)9-7-11(15)13(12(8-9)16-22(18)19)21-10-5-3-2-4-6-10;16-13(17)8-6-10(14-23(20)21)12(11(7-8)15(18)19)22-9-4-2-1-3-5-9;8-6-4(9-17(15)16)1-3(7(11)12)2-5(6)10(13)14;7-6-4-2-1-3-5-6;2-1-4-3;;;;;;;;;;;/h2-6,9-10,19H,7-8H2,1H3,(H,24,25);2-4,7-8,11-12,19H,5-6,9-10H2,1H3,(H,22,23);2-8,16H,15H2,1H3,(H,18,19);1-7,14H,(H,16,17)(H,20,21);1-2,9H,(H,11,12)(H,15,16);1-5,7H;1,3H;5*1H4;5*1H3;/q;;;;;;;;;;;;;;;;;+1/p-6. The number of nitrogens with zero attached hydrogens (tertiary/aromatic N) is 4. The van der Waals surface area contributed by atoms with E-state index in [1.54, 1.807) is 65.4 Å². The van der Waals surface area contributed by atoms with Crippen LogP contribution in [-0.4, -0.2) is 146 Å². The fourth-order valence-corrected chi connectivity index (χ4v) is 17.0.